The lowest BCUT2D eigenvalue weighted by Gasteiger charge is -2.09. The van der Waals surface area contributed by atoms with Gasteiger partial charge in [0.2, 0.25) is 0 Å². The topological polar surface area (TPSA) is 46.5 Å². The summed E-state index contributed by atoms with van der Waals surface area (Å²) in [6.07, 6.45) is 7.83. The summed E-state index contributed by atoms with van der Waals surface area (Å²) in [4.78, 5) is 8.36. The minimum Gasteiger partial charge on any atom is -0.493 e. The van der Waals surface area contributed by atoms with Crippen molar-refractivity contribution in [3.05, 3.63) is 42.5 Å². The molecule has 0 fully saturated rings. The fourth-order valence-electron chi connectivity index (χ4n) is 2.39. The average Bonchev–Trinajstić information content (AvgIpc) is 2.55. The Labute approximate surface area is 132 Å². The first-order valence-electron chi connectivity index (χ1n) is 8.02. The van der Waals surface area contributed by atoms with E-state index in [0.717, 1.165) is 18.8 Å². The number of carbonyl (C=O) groups is 1. The van der Waals surface area contributed by atoms with Crippen LogP contribution in [0.2, 0.25) is 0 Å². The molecular formula is C19H26O3. The highest BCUT2D eigenvalue weighted by Crippen LogP contribution is 2.25. The molecule has 2 aromatic carbocycles. The number of benzene rings is 2. The molecule has 0 aliphatic heterocycles. The van der Waals surface area contributed by atoms with E-state index in [2.05, 4.69) is 49.4 Å². The third kappa shape index (κ3) is 6.61. The van der Waals surface area contributed by atoms with Gasteiger partial charge >= 0.3 is 0 Å². The maximum absolute atomic E-state index is 8.36. The second-order valence-electron chi connectivity index (χ2n) is 5.20. The van der Waals surface area contributed by atoms with Crippen LogP contribution in [-0.4, -0.2) is 18.2 Å². The highest BCUT2D eigenvalue weighted by Gasteiger charge is 2.00. The third-order valence-electron chi connectivity index (χ3n) is 3.51. The van der Waals surface area contributed by atoms with Crippen LogP contribution in [0.25, 0.3) is 10.8 Å². The molecule has 0 saturated heterocycles. The minimum absolute atomic E-state index is 0.250. The van der Waals surface area contributed by atoms with E-state index in [1.54, 1.807) is 0 Å². The molecule has 0 radical (unpaired) electrons. The molecule has 0 heterocycles. The summed E-state index contributed by atoms with van der Waals surface area (Å²) in [6, 6.07) is 14.7. The molecule has 0 saturated carbocycles. The van der Waals surface area contributed by atoms with Crippen molar-refractivity contribution < 1.29 is 14.6 Å². The number of carboxylic acid groups (broad SMARTS) is 1. The Morgan fingerprint density at radius 2 is 1.59 bits per heavy atom. The van der Waals surface area contributed by atoms with Gasteiger partial charge in [-0.15, -0.1) is 0 Å². The first kappa shape index (κ1) is 18.0. The van der Waals surface area contributed by atoms with Crippen molar-refractivity contribution in [1.29, 1.82) is 0 Å². The van der Waals surface area contributed by atoms with Gasteiger partial charge in [-0.2, -0.15) is 0 Å². The van der Waals surface area contributed by atoms with E-state index in [4.69, 9.17) is 14.6 Å². The van der Waals surface area contributed by atoms with Gasteiger partial charge in [0.25, 0.3) is 6.47 Å². The van der Waals surface area contributed by atoms with Crippen LogP contribution in [0.1, 0.15) is 45.4 Å². The molecule has 0 spiro atoms. The summed E-state index contributed by atoms with van der Waals surface area (Å²) in [7, 11) is 0. The van der Waals surface area contributed by atoms with Gasteiger partial charge in [-0.1, -0.05) is 75.4 Å². The maximum Gasteiger partial charge on any atom is 0.290 e. The predicted octanol–water partition coefficient (Wildman–Crippen LogP) is 5.28. The van der Waals surface area contributed by atoms with Crippen LogP contribution in [0.3, 0.4) is 0 Å². The fourth-order valence-corrected chi connectivity index (χ4v) is 2.39. The number of rotatable bonds is 8. The Morgan fingerprint density at radius 3 is 2.36 bits per heavy atom. The Morgan fingerprint density at radius 1 is 0.955 bits per heavy atom. The molecule has 0 aliphatic carbocycles. The van der Waals surface area contributed by atoms with Gasteiger partial charge in [-0.05, 0) is 17.9 Å². The molecule has 0 aromatic heterocycles. The summed E-state index contributed by atoms with van der Waals surface area (Å²) in [5.41, 5.74) is 0. The summed E-state index contributed by atoms with van der Waals surface area (Å²) in [5.74, 6) is 1.02. The van der Waals surface area contributed by atoms with Crippen molar-refractivity contribution in [2.45, 2.75) is 45.4 Å². The molecule has 0 unspecified atom stereocenters. The largest absolute Gasteiger partial charge is 0.493 e. The van der Waals surface area contributed by atoms with E-state index in [-0.39, 0.29) is 6.47 Å². The van der Waals surface area contributed by atoms with Crippen LogP contribution in [0.4, 0.5) is 0 Å². The second-order valence-corrected chi connectivity index (χ2v) is 5.20. The molecule has 3 nitrogen and oxygen atoms in total. The molecule has 22 heavy (non-hydrogen) atoms. The summed E-state index contributed by atoms with van der Waals surface area (Å²) in [6.45, 7) is 2.84. The second kappa shape index (κ2) is 11.6. The lowest BCUT2D eigenvalue weighted by atomic mass is 10.1. The number of ether oxygens (including phenoxy) is 1. The quantitative estimate of drug-likeness (QED) is 0.533. The van der Waals surface area contributed by atoms with Crippen molar-refractivity contribution in [3.8, 4) is 5.75 Å². The molecule has 0 bridgehead atoms. The molecule has 0 atom stereocenters. The van der Waals surface area contributed by atoms with Gasteiger partial charge in [0, 0.05) is 5.39 Å². The molecule has 3 heteroatoms. The van der Waals surface area contributed by atoms with Crippen molar-refractivity contribution in [1.82, 2.24) is 0 Å². The Hall–Kier alpha value is -2.03. The van der Waals surface area contributed by atoms with Gasteiger partial charge in [0.15, 0.2) is 0 Å². The van der Waals surface area contributed by atoms with Gasteiger partial charge in [-0.25, -0.2) is 0 Å². The van der Waals surface area contributed by atoms with Gasteiger partial charge in [0.1, 0.15) is 5.75 Å². The number of hydrogen-bond acceptors (Lipinski definition) is 2. The van der Waals surface area contributed by atoms with Gasteiger partial charge in [0.05, 0.1) is 6.61 Å². The lowest BCUT2D eigenvalue weighted by Crippen LogP contribution is -1.97. The summed E-state index contributed by atoms with van der Waals surface area (Å²) >= 11 is 0. The van der Waals surface area contributed by atoms with E-state index in [0.29, 0.717) is 0 Å². The Bertz CT molecular complexity index is 532. The third-order valence-corrected chi connectivity index (χ3v) is 3.51. The molecule has 0 aliphatic rings. The van der Waals surface area contributed by atoms with E-state index in [1.807, 2.05) is 0 Å². The molecule has 2 aromatic rings. The van der Waals surface area contributed by atoms with Crippen molar-refractivity contribution >= 4 is 17.2 Å². The molecule has 120 valence electrons. The van der Waals surface area contributed by atoms with Gasteiger partial charge < -0.3 is 9.84 Å². The molecule has 1 N–H and O–H groups in total. The lowest BCUT2D eigenvalue weighted by molar-refractivity contribution is -0.122. The highest BCUT2D eigenvalue weighted by molar-refractivity contribution is 5.88. The first-order valence-corrected chi connectivity index (χ1v) is 8.02. The number of fused-ring (bicyclic) bond motifs is 1. The van der Waals surface area contributed by atoms with E-state index >= 15 is 0 Å². The van der Waals surface area contributed by atoms with Crippen LogP contribution in [0, 0.1) is 0 Å². The van der Waals surface area contributed by atoms with E-state index in [9.17, 15) is 0 Å². The van der Waals surface area contributed by atoms with Crippen LogP contribution in [-0.2, 0) is 4.79 Å². The van der Waals surface area contributed by atoms with Gasteiger partial charge in [-0.3, -0.25) is 4.79 Å². The smallest absolute Gasteiger partial charge is 0.290 e. The monoisotopic (exact) mass is 302 g/mol. The standard InChI is InChI=1S/C18H24O.CH2O2/c1-2-3-4-5-6-9-15-19-18-14-10-12-16-11-7-8-13-17(16)18;2-1-3/h7-8,10-14H,2-6,9,15H2,1H3;1H,(H,2,3). The molecule has 2 rings (SSSR count). The van der Waals surface area contributed by atoms with Crippen LogP contribution < -0.4 is 4.74 Å². The predicted molar refractivity (Wildman–Crippen MR) is 91.5 cm³/mol. The van der Waals surface area contributed by atoms with Crippen LogP contribution in [0.5, 0.6) is 5.75 Å². The number of hydrogen-bond donors (Lipinski definition) is 1. The molecular weight excluding hydrogens is 276 g/mol. The Balaban J connectivity index is 0.000000745. The summed E-state index contributed by atoms with van der Waals surface area (Å²) < 4.78 is 5.93. The Kier molecular flexibility index (Phi) is 9.51. The molecule has 0 amide bonds. The number of unbranched alkanes of at least 4 members (excludes halogenated alkanes) is 5. The summed E-state index contributed by atoms with van der Waals surface area (Å²) in [5, 5.41) is 9.36. The van der Waals surface area contributed by atoms with Crippen molar-refractivity contribution in [2.24, 2.45) is 0 Å². The van der Waals surface area contributed by atoms with Crippen LogP contribution >= 0.6 is 0 Å². The van der Waals surface area contributed by atoms with E-state index in [1.165, 1.54) is 42.9 Å². The zero-order valence-electron chi connectivity index (χ0n) is 13.3. The SMILES string of the molecule is CCCCCCCCOc1cccc2ccccc12.O=CO. The minimum atomic E-state index is -0.250. The highest BCUT2D eigenvalue weighted by atomic mass is 16.5. The van der Waals surface area contributed by atoms with Crippen LogP contribution in [0.15, 0.2) is 42.5 Å². The van der Waals surface area contributed by atoms with Crippen molar-refractivity contribution in [3.63, 3.8) is 0 Å². The van der Waals surface area contributed by atoms with E-state index < -0.39 is 0 Å². The zero-order valence-corrected chi connectivity index (χ0v) is 13.3. The normalized spacial score (nSPS) is 9.86. The fraction of sp³-hybridized carbons (Fsp3) is 0.421. The zero-order chi connectivity index (χ0) is 16.0. The van der Waals surface area contributed by atoms with Crippen molar-refractivity contribution in [2.75, 3.05) is 6.61 Å². The average molecular weight is 302 g/mol. The maximum atomic E-state index is 8.36. The first-order chi connectivity index (χ1) is 10.8.